The Kier molecular flexibility index (Phi) is 6.96. The molecule has 0 N–H and O–H groups in total. The molecule has 86 valence electrons. The van der Waals surface area contributed by atoms with E-state index in [1.54, 1.807) is 0 Å². The zero-order valence-corrected chi connectivity index (χ0v) is 11.5. The molecule has 0 spiro atoms. The number of rotatable bonds is 8. The van der Waals surface area contributed by atoms with Gasteiger partial charge in [0.1, 0.15) is 0 Å². The topological polar surface area (TPSA) is 38.9 Å². The smallest absolute Gasteiger partial charge is 0.278 e. The zero-order chi connectivity index (χ0) is 10.9. The summed E-state index contributed by atoms with van der Waals surface area (Å²) in [4.78, 5) is 0. The highest BCUT2D eigenvalue weighted by Crippen LogP contribution is 2.10. The van der Waals surface area contributed by atoms with Crippen LogP contribution in [0.15, 0.2) is 4.42 Å². The van der Waals surface area contributed by atoms with Crippen molar-refractivity contribution >= 4 is 22.6 Å². The van der Waals surface area contributed by atoms with E-state index in [9.17, 15) is 0 Å². The molecule has 1 aromatic rings. The Balaban J connectivity index is 1.93. The minimum absolute atomic E-state index is 0.644. The van der Waals surface area contributed by atoms with E-state index in [1.165, 1.54) is 44.9 Å². The van der Waals surface area contributed by atoms with Gasteiger partial charge in [-0.1, -0.05) is 45.4 Å². The normalized spacial score (nSPS) is 10.8. The van der Waals surface area contributed by atoms with E-state index in [4.69, 9.17) is 4.42 Å². The van der Waals surface area contributed by atoms with Gasteiger partial charge in [-0.05, 0) is 6.42 Å². The van der Waals surface area contributed by atoms with Crippen molar-refractivity contribution < 1.29 is 4.42 Å². The molecular formula is C11H19IN2O. The first-order valence-corrected chi connectivity index (χ1v) is 6.88. The van der Waals surface area contributed by atoms with E-state index in [0.29, 0.717) is 3.90 Å². The van der Waals surface area contributed by atoms with Crippen LogP contribution in [-0.2, 0) is 6.42 Å². The highest BCUT2D eigenvalue weighted by molar-refractivity contribution is 14.1. The van der Waals surface area contributed by atoms with Crippen LogP contribution in [0.3, 0.4) is 0 Å². The van der Waals surface area contributed by atoms with Crippen molar-refractivity contribution in [2.75, 3.05) is 0 Å². The number of nitrogens with zero attached hydrogens (tertiary/aromatic N) is 2. The van der Waals surface area contributed by atoms with Crippen LogP contribution >= 0.6 is 22.6 Å². The molecule has 0 bridgehead atoms. The average molecular weight is 322 g/mol. The maximum Gasteiger partial charge on any atom is 0.278 e. The van der Waals surface area contributed by atoms with E-state index in [-0.39, 0.29) is 0 Å². The van der Waals surface area contributed by atoms with Gasteiger partial charge in [0.05, 0.1) is 0 Å². The van der Waals surface area contributed by atoms with Crippen molar-refractivity contribution in [2.24, 2.45) is 0 Å². The Morgan fingerprint density at radius 3 is 2.27 bits per heavy atom. The maximum atomic E-state index is 5.29. The number of aryl methyl sites for hydroxylation is 1. The Bertz CT molecular complexity index is 263. The third-order valence-corrected chi connectivity index (χ3v) is 2.87. The number of hydrogen-bond donors (Lipinski definition) is 0. The third kappa shape index (κ3) is 6.12. The zero-order valence-electron chi connectivity index (χ0n) is 9.34. The Morgan fingerprint density at radius 2 is 1.67 bits per heavy atom. The van der Waals surface area contributed by atoms with Gasteiger partial charge in [0.2, 0.25) is 5.89 Å². The van der Waals surface area contributed by atoms with Crippen molar-refractivity contribution in [1.82, 2.24) is 10.2 Å². The molecule has 0 aliphatic rings. The molecule has 0 aliphatic carbocycles. The quantitative estimate of drug-likeness (QED) is 0.537. The molecule has 0 saturated carbocycles. The standard InChI is InChI=1S/C11H19IN2O/c1-2-3-4-5-6-7-8-9-10-13-14-11(12)15-10/h2-9H2,1H3. The molecule has 0 aromatic carbocycles. The number of unbranched alkanes of at least 4 members (excludes halogenated alkanes) is 6. The molecule has 0 unspecified atom stereocenters. The highest BCUT2D eigenvalue weighted by atomic mass is 127. The molecule has 15 heavy (non-hydrogen) atoms. The van der Waals surface area contributed by atoms with Crippen LogP contribution < -0.4 is 0 Å². The van der Waals surface area contributed by atoms with Crippen LogP contribution in [0.1, 0.15) is 57.8 Å². The van der Waals surface area contributed by atoms with Crippen LogP contribution in [0.5, 0.6) is 0 Å². The highest BCUT2D eigenvalue weighted by Gasteiger charge is 2.01. The largest absolute Gasteiger partial charge is 0.416 e. The molecule has 1 heterocycles. The van der Waals surface area contributed by atoms with Gasteiger partial charge in [0, 0.05) is 29.0 Å². The minimum atomic E-state index is 0.644. The lowest BCUT2D eigenvalue weighted by molar-refractivity contribution is 0.456. The van der Waals surface area contributed by atoms with Crippen molar-refractivity contribution in [3.05, 3.63) is 9.79 Å². The van der Waals surface area contributed by atoms with Crippen molar-refractivity contribution in [3.8, 4) is 0 Å². The van der Waals surface area contributed by atoms with Gasteiger partial charge in [-0.25, -0.2) is 0 Å². The van der Waals surface area contributed by atoms with Crippen LogP contribution in [0.4, 0.5) is 0 Å². The van der Waals surface area contributed by atoms with Crippen molar-refractivity contribution in [3.63, 3.8) is 0 Å². The average Bonchev–Trinajstić information content (AvgIpc) is 2.63. The molecule has 3 nitrogen and oxygen atoms in total. The summed E-state index contributed by atoms with van der Waals surface area (Å²) in [5.74, 6) is 0.785. The summed E-state index contributed by atoms with van der Waals surface area (Å²) in [7, 11) is 0. The summed E-state index contributed by atoms with van der Waals surface area (Å²) in [5.41, 5.74) is 0. The Morgan fingerprint density at radius 1 is 1.00 bits per heavy atom. The second-order valence-electron chi connectivity index (χ2n) is 3.82. The van der Waals surface area contributed by atoms with Crippen LogP contribution in [-0.4, -0.2) is 10.2 Å². The molecule has 0 saturated heterocycles. The summed E-state index contributed by atoms with van der Waals surface area (Å²) in [6, 6.07) is 0. The predicted octanol–water partition coefficient (Wildman–Crippen LogP) is 3.97. The number of hydrogen-bond acceptors (Lipinski definition) is 3. The van der Waals surface area contributed by atoms with Gasteiger partial charge < -0.3 is 4.42 Å². The third-order valence-electron chi connectivity index (χ3n) is 2.44. The molecule has 0 fully saturated rings. The van der Waals surface area contributed by atoms with Crippen LogP contribution in [0.2, 0.25) is 0 Å². The summed E-state index contributed by atoms with van der Waals surface area (Å²) >= 11 is 2.04. The van der Waals surface area contributed by atoms with Crippen molar-refractivity contribution in [1.29, 1.82) is 0 Å². The molecule has 1 rings (SSSR count). The van der Waals surface area contributed by atoms with Gasteiger partial charge in [-0.2, -0.15) is 0 Å². The second-order valence-corrected chi connectivity index (χ2v) is 4.74. The van der Waals surface area contributed by atoms with Crippen LogP contribution in [0, 0.1) is 3.90 Å². The number of halogens is 1. The van der Waals surface area contributed by atoms with Gasteiger partial charge in [0.15, 0.2) is 0 Å². The van der Waals surface area contributed by atoms with Gasteiger partial charge in [0.25, 0.3) is 3.90 Å². The van der Waals surface area contributed by atoms with Crippen LogP contribution in [0.25, 0.3) is 0 Å². The fourth-order valence-electron chi connectivity index (χ4n) is 1.57. The van der Waals surface area contributed by atoms with E-state index in [1.807, 2.05) is 22.6 Å². The van der Waals surface area contributed by atoms with Gasteiger partial charge in [-0.15, -0.1) is 10.2 Å². The van der Waals surface area contributed by atoms with E-state index >= 15 is 0 Å². The van der Waals surface area contributed by atoms with Crippen molar-refractivity contribution in [2.45, 2.75) is 58.3 Å². The molecule has 0 aliphatic heterocycles. The first-order valence-electron chi connectivity index (χ1n) is 5.81. The maximum absolute atomic E-state index is 5.29. The molecule has 1 aromatic heterocycles. The first kappa shape index (κ1) is 12.9. The second kappa shape index (κ2) is 8.07. The van der Waals surface area contributed by atoms with E-state index in [2.05, 4.69) is 17.1 Å². The molecule has 0 atom stereocenters. The molecule has 0 radical (unpaired) electrons. The SMILES string of the molecule is CCCCCCCCCc1nnc(I)o1. The summed E-state index contributed by atoms with van der Waals surface area (Å²) < 4.78 is 5.94. The lowest BCUT2D eigenvalue weighted by atomic mass is 10.1. The monoisotopic (exact) mass is 322 g/mol. The number of aromatic nitrogens is 2. The van der Waals surface area contributed by atoms with E-state index in [0.717, 1.165) is 12.3 Å². The fourth-order valence-corrected chi connectivity index (χ4v) is 1.93. The lowest BCUT2D eigenvalue weighted by Gasteiger charge is -1.98. The summed E-state index contributed by atoms with van der Waals surface area (Å²) in [6.45, 7) is 2.25. The predicted molar refractivity (Wildman–Crippen MR) is 68.7 cm³/mol. The molecule has 4 heteroatoms. The summed E-state index contributed by atoms with van der Waals surface area (Å²) in [5, 5.41) is 7.76. The van der Waals surface area contributed by atoms with Gasteiger partial charge in [-0.3, -0.25) is 0 Å². The minimum Gasteiger partial charge on any atom is -0.416 e. The Hall–Kier alpha value is -0.130. The Labute approximate surface area is 105 Å². The van der Waals surface area contributed by atoms with E-state index < -0.39 is 0 Å². The van der Waals surface area contributed by atoms with Gasteiger partial charge >= 0.3 is 0 Å². The molecular weight excluding hydrogens is 303 g/mol. The lowest BCUT2D eigenvalue weighted by Crippen LogP contribution is -1.86. The molecule has 0 amide bonds. The fraction of sp³-hybridized carbons (Fsp3) is 0.818. The summed E-state index contributed by atoms with van der Waals surface area (Å²) in [6.07, 6.45) is 10.2. The first-order chi connectivity index (χ1) is 7.33.